The molecule has 0 heterocycles. The van der Waals surface area contributed by atoms with E-state index in [1.165, 1.54) is 4.90 Å². The fourth-order valence-corrected chi connectivity index (χ4v) is 1.33. The summed E-state index contributed by atoms with van der Waals surface area (Å²) < 4.78 is 0. The molecule has 0 radical (unpaired) electrons. The van der Waals surface area contributed by atoms with Gasteiger partial charge in [-0.05, 0) is 19.3 Å². The molecule has 6 nitrogen and oxygen atoms in total. The third-order valence-electron chi connectivity index (χ3n) is 2.45. The normalized spacial score (nSPS) is 10.2. The van der Waals surface area contributed by atoms with Crippen LogP contribution >= 0.6 is 0 Å². The summed E-state index contributed by atoms with van der Waals surface area (Å²) in [6, 6.07) is 0. The van der Waals surface area contributed by atoms with Gasteiger partial charge < -0.3 is 15.3 Å². The van der Waals surface area contributed by atoms with Crippen LogP contribution in [0.15, 0.2) is 0 Å². The van der Waals surface area contributed by atoms with E-state index in [1.54, 1.807) is 6.92 Å². The Morgan fingerprint density at radius 3 is 2.33 bits per heavy atom. The largest absolute Gasteiger partial charge is 0.480 e. The molecule has 0 rings (SSSR count). The predicted octanol–water partition coefficient (Wildman–Crippen LogP) is 0.472. The Kier molecular flexibility index (Phi) is 7.74. The minimum atomic E-state index is -1.06. The zero-order valence-corrected chi connectivity index (χ0v) is 11.2. The number of hydrogen-bond donors (Lipinski definition) is 2. The van der Waals surface area contributed by atoms with Crippen molar-refractivity contribution in [2.75, 3.05) is 19.6 Å². The minimum Gasteiger partial charge on any atom is -0.480 e. The highest BCUT2D eigenvalue weighted by Crippen LogP contribution is 2.02. The van der Waals surface area contributed by atoms with E-state index in [4.69, 9.17) is 5.11 Å². The molecule has 0 fully saturated rings. The third-order valence-corrected chi connectivity index (χ3v) is 2.45. The molecular weight excluding hydrogens is 236 g/mol. The number of carbonyl (C=O) groups is 3. The van der Waals surface area contributed by atoms with Crippen molar-refractivity contribution in [3.05, 3.63) is 0 Å². The lowest BCUT2D eigenvalue weighted by Crippen LogP contribution is -2.42. The molecule has 0 spiro atoms. The van der Waals surface area contributed by atoms with Gasteiger partial charge in [-0.25, -0.2) is 0 Å². The Balaban J connectivity index is 4.00. The first-order chi connectivity index (χ1) is 8.36. The number of nitrogens with one attached hydrogen (secondary N) is 1. The van der Waals surface area contributed by atoms with E-state index in [0.29, 0.717) is 18.9 Å². The molecule has 0 aromatic carbocycles. The van der Waals surface area contributed by atoms with Crippen molar-refractivity contribution < 1.29 is 19.5 Å². The van der Waals surface area contributed by atoms with Gasteiger partial charge in [0.2, 0.25) is 11.8 Å². The molecule has 2 amide bonds. The van der Waals surface area contributed by atoms with E-state index in [-0.39, 0.29) is 24.9 Å². The van der Waals surface area contributed by atoms with Crippen LogP contribution in [-0.4, -0.2) is 47.4 Å². The fourth-order valence-electron chi connectivity index (χ4n) is 1.33. The summed E-state index contributed by atoms with van der Waals surface area (Å²) >= 11 is 0. The molecule has 0 bridgehead atoms. The number of carbonyl (C=O) groups excluding carboxylic acids is 2. The maximum Gasteiger partial charge on any atom is 0.323 e. The summed E-state index contributed by atoms with van der Waals surface area (Å²) in [5.74, 6) is -1.18. The van der Waals surface area contributed by atoms with E-state index in [0.717, 1.165) is 6.42 Å². The lowest BCUT2D eigenvalue weighted by Gasteiger charge is -2.18. The summed E-state index contributed by atoms with van der Waals surface area (Å²) in [4.78, 5) is 34.7. The first-order valence-electron chi connectivity index (χ1n) is 6.13. The molecule has 6 heteroatoms. The number of rotatable bonds is 8. The number of carboxylic acid groups (broad SMARTS) is 1. The first-order valence-corrected chi connectivity index (χ1v) is 6.13. The van der Waals surface area contributed by atoms with E-state index < -0.39 is 5.97 Å². The van der Waals surface area contributed by atoms with Crippen molar-refractivity contribution in [1.29, 1.82) is 0 Å². The van der Waals surface area contributed by atoms with Crippen LogP contribution in [0.1, 0.15) is 33.6 Å². The van der Waals surface area contributed by atoms with Gasteiger partial charge in [-0.2, -0.15) is 0 Å². The topological polar surface area (TPSA) is 86.7 Å². The molecule has 0 aromatic rings. The van der Waals surface area contributed by atoms with Gasteiger partial charge in [0.25, 0.3) is 0 Å². The molecule has 0 unspecified atom stereocenters. The predicted molar refractivity (Wildman–Crippen MR) is 67.0 cm³/mol. The van der Waals surface area contributed by atoms with Crippen molar-refractivity contribution >= 4 is 17.8 Å². The minimum absolute atomic E-state index is 0.141. The highest BCUT2D eigenvalue weighted by molar-refractivity contribution is 5.86. The number of carboxylic acids is 1. The smallest absolute Gasteiger partial charge is 0.323 e. The molecule has 0 aliphatic heterocycles. The zero-order chi connectivity index (χ0) is 14.1. The van der Waals surface area contributed by atoms with Gasteiger partial charge in [-0.1, -0.05) is 13.8 Å². The van der Waals surface area contributed by atoms with Crippen LogP contribution in [0.3, 0.4) is 0 Å². The van der Waals surface area contributed by atoms with Crippen LogP contribution in [0.5, 0.6) is 0 Å². The van der Waals surface area contributed by atoms with Crippen LogP contribution in [0.25, 0.3) is 0 Å². The van der Waals surface area contributed by atoms with Crippen molar-refractivity contribution in [1.82, 2.24) is 10.2 Å². The Morgan fingerprint density at radius 2 is 1.89 bits per heavy atom. The van der Waals surface area contributed by atoms with E-state index in [2.05, 4.69) is 5.32 Å². The van der Waals surface area contributed by atoms with Crippen molar-refractivity contribution in [2.45, 2.75) is 33.6 Å². The highest BCUT2D eigenvalue weighted by atomic mass is 16.4. The van der Waals surface area contributed by atoms with Gasteiger partial charge in [-0.3, -0.25) is 14.4 Å². The number of nitrogens with zero attached hydrogens (tertiary/aromatic N) is 1. The van der Waals surface area contributed by atoms with Crippen LogP contribution in [0.2, 0.25) is 0 Å². The average Bonchev–Trinajstić information content (AvgIpc) is 2.29. The van der Waals surface area contributed by atoms with Gasteiger partial charge in [0.1, 0.15) is 6.54 Å². The van der Waals surface area contributed by atoms with E-state index in [9.17, 15) is 14.4 Å². The third kappa shape index (κ3) is 7.65. The van der Waals surface area contributed by atoms with Gasteiger partial charge in [0, 0.05) is 13.0 Å². The van der Waals surface area contributed by atoms with E-state index in [1.807, 2.05) is 13.8 Å². The summed E-state index contributed by atoms with van der Waals surface area (Å²) in [5, 5.41) is 11.1. The fraction of sp³-hybridized carbons (Fsp3) is 0.750. The summed E-state index contributed by atoms with van der Waals surface area (Å²) in [6.07, 6.45) is 1.16. The van der Waals surface area contributed by atoms with Crippen molar-refractivity contribution in [3.63, 3.8) is 0 Å². The summed E-state index contributed by atoms with van der Waals surface area (Å²) in [6.45, 7) is 5.57. The molecule has 0 aromatic heterocycles. The molecule has 104 valence electrons. The first kappa shape index (κ1) is 16.4. The van der Waals surface area contributed by atoms with Crippen molar-refractivity contribution in [3.8, 4) is 0 Å². The molecular formula is C12H22N2O4. The van der Waals surface area contributed by atoms with Crippen LogP contribution < -0.4 is 5.32 Å². The Hall–Kier alpha value is -1.59. The standard InChI is InChI=1S/C12H22N2O4/c1-4-14(8-12(17)18)11(16)7-13-10(15)6-5-9(2)3/h9H,4-8H2,1-3H3,(H,13,15)(H,17,18). The molecule has 0 atom stereocenters. The Bertz CT molecular complexity index is 302. The average molecular weight is 258 g/mol. The van der Waals surface area contributed by atoms with Gasteiger partial charge in [-0.15, -0.1) is 0 Å². The lowest BCUT2D eigenvalue weighted by molar-refractivity contribution is -0.144. The van der Waals surface area contributed by atoms with Gasteiger partial charge in [0.15, 0.2) is 0 Å². The molecule has 0 aliphatic carbocycles. The van der Waals surface area contributed by atoms with Crippen LogP contribution in [0.4, 0.5) is 0 Å². The van der Waals surface area contributed by atoms with Gasteiger partial charge >= 0.3 is 5.97 Å². The monoisotopic (exact) mass is 258 g/mol. The maximum absolute atomic E-state index is 11.6. The Labute approximate surface area is 107 Å². The number of aliphatic carboxylic acids is 1. The quantitative estimate of drug-likeness (QED) is 0.662. The second-order valence-corrected chi connectivity index (χ2v) is 4.51. The van der Waals surface area contributed by atoms with Crippen molar-refractivity contribution in [2.24, 2.45) is 5.92 Å². The molecule has 18 heavy (non-hydrogen) atoms. The van der Waals surface area contributed by atoms with Crippen LogP contribution in [0, 0.1) is 5.92 Å². The lowest BCUT2D eigenvalue weighted by atomic mass is 10.1. The summed E-state index contributed by atoms with van der Waals surface area (Å²) in [5.41, 5.74) is 0. The van der Waals surface area contributed by atoms with E-state index >= 15 is 0 Å². The molecule has 0 saturated heterocycles. The Morgan fingerprint density at radius 1 is 1.28 bits per heavy atom. The van der Waals surface area contributed by atoms with Gasteiger partial charge in [0.05, 0.1) is 6.54 Å². The van der Waals surface area contributed by atoms with Crippen LogP contribution in [-0.2, 0) is 14.4 Å². The summed E-state index contributed by atoms with van der Waals surface area (Å²) in [7, 11) is 0. The SMILES string of the molecule is CCN(CC(=O)O)C(=O)CNC(=O)CCC(C)C. The molecule has 0 saturated carbocycles. The number of amides is 2. The maximum atomic E-state index is 11.6. The second-order valence-electron chi connectivity index (χ2n) is 4.51. The zero-order valence-electron chi connectivity index (χ0n) is 11.2. The molecule has 0 aliphatic rings. The molecule has 2 N–H and O–H groups in total. The number of likely N-dealkylation sites (N-methyl/N-ethyl adjacent to an activating group) is 1. The number of hydrogen-bond acceptors (Lipinski definition) is 3. The second kappa shape index (κ2) is 8.49. The highest BCUT2D eigenvalue weighted by Gasteiger charge is 2.15.